The van der Waals surface area contributed by atoms with Crippen molar-refractivity contribution >= 4 is 6.29 Å². The highest BCUT2D eigenvalue weighted by Crippen LogP contribution is 2.33. The van der Waals surface area contributed by atoms with Crippen molar-refractivity contribution in [2.75, 3.05) is 0 Å². The van der Waals surface area contributed by atoms with E-state index < -0.39 is 0 Å². The normalized spacial score (nSPS) is 22.9. The van der Waals surface area contributed by atoms with Gasteiger partial charge in [0.2, 0.25) is 0 Å². The van der Waals surface area contributed by atoms with E-state index in [0.717, 1.165) is 36.7 Å². The Hall–Kier alpha value is -1.64. The first-order valence-corrected chi connectivity index (χ1v) is 6.22. The van der Waals surface area contributed by atoms with Gasteiger partial charge in [-0.15, -0.1) is 0 Å². The highest BCUT2D eigenvalue weighted by molar-refractivity contribution is 5.72. The molecule has 88 valence electrons. The van der Waals surface area contributed by atoms with Gasteiger partial charge in [0.25, 0.3) is 0 Å². The average Bonchev–Trinajstić information content (AvgIpc) is 3.09. The molecule has 2 aliphatic rings. The van der Waals surface area contributed by atoms with Gasteiger partial charge in [0, 0.05) is 12.5 Å². The van der Waals surface area contributed by atoms with Crippen LogP contribution in [0.2, 0.25) is 0 Å². The Balaban J connectivity index is 1.91. The maximum absolute atomic E-state index is 11.0. The van der Waals surface area contributed by atoms with Gasteiger partial charge in [-0.1, -0.05) is 24.3 Å². The molecule has 0 amide bonds. The summed E-state index contributed by atoms with van der Waals surface area (Å²) < 4.78 is 2.11. The molecule has 17 heavy (non-hydrogen) atoms. The lowest BCUT2D eigenvalue weighted by Crippen LogP contribution is -2.12. The summed E-state index contributed by atoms with van der Waals surface area (Å²) in [5.41, 5.74) is 0.717. The van der Waals surface area contributed by atoms with Crippen molar-refractivity contribution in [3.8, 4) is 0 Å². The monoisotopic (exact) mass is 228 g/mol. The summed E-state index contributed by atoms with van der Waals surface area (Å²) in [7, 11) is 0. The third-order valence-electron chi connectivity index (χ3n) is 3.49. The van der Waals surface area contributed by atoms with Crippen LogP contribution in [0.3, 0.4) is 0 Å². The molecule has 0 spiro atoms. The van der Waals surface area contributed by atoms with Crippen molar-refractivity contribution in [2.45, 2.75) is 31.7 Å². The van der Waals surface area contributed by atoms with E-state index in [2.05, 4.69) is 33.9 Å². The third-order valence-corrected chi connectivity index (χ3v) is 3.49. The van der Waals surface area contributed by atoms with Gasteiger partial charge in [-0.3, -0.25) is 4.79 Å². The molecule has 0 aliphatic heterocycles. The molecule has 0 N–H and O–H groups in total. The van der Waals surface area contributed by atoms with Crippen LogP contribution in [0, 0.1) is 5.92 Å². The number of carbonyl (C=O) groups is 1. The van der Waals surface area contributed by atoms with E-state index in [4.69, 9.17) is 0 Å². The fraction of sp³-hybridized carbons (Fsp3) is 0.429. The zero-order valence-electron chi connectivity index (χ0n) is 9.75. The average molecular weight is 228 g/mol. The van der Waals surface area contributed by atoms with Crippen LogP contribution in [0.1, 0.15) is 41.5 Å². The number of rotatable bonds is 4. The number of aromatic nitrogens is 2. The molecule has 0 aromatic carbocycles. The summed E-state index contributed by atoms with van der Waals surface area (Å²) in [5.74, 6) is 2.12. The molecule has 3 heteroatoms. The molecular weight excluding hydrogens is 212 g/mol. The van der Waals surface area contributed by atoms with Crippen LogP contribution in [-0.4, -0.2) is 15.8 Å². The standard InChI is InChI=1S/C14H16N2O/c17-10-13-8-15-14(12-4-2-1-3-5-12)16(13)9-11-6-7-11/h1-4,8,10-12H,5-7,9H2. The summed E-state index contributed by atoms with van der Waals surface area (Å²) in [6.07, 6.45) is 14.6. The Morgan fingerprint density at radius 3 is 2.94 bits per heavy atom. The van der Waals surface area contributed by atoms with E-state index in [1.165, 1.54) is 12.8 Å². The van der Waals surface area contributed by atoms with Gasteiger partial charge in [-0.2, -0.15) is 0 Å². The molecule has 1 unspecified atom stereocenters. The quantitative estimate of drug-likeness (QED) is 0.743. The minimum absolute atomic E-state index is 0.326. The molecule has 0 bridgehead atoms. The van der Waals surface area contributed by atoms with E-state index in [-0.39, 0.29) is 0 Å². The van der Waals surface area contributed by atoms with Crippen LogP contribution in [0.25, 0.3) is 0 Å². The first kappa shape index (κ1) is 10.5. The van der Waals surface area contributed by atoms with Crippen molar-refractivity contribution in [3.63, 3.8) is 0 Å². The van der Waals surface area contributed by atoms with Gasteiger partial charge in [-0.25, -0.2) is 4.98 Å². The molecule has 2 aliphatic carbocycles. The Labute approximate surface area is 101 Å². The van der Waals surface area contributed by atoms with Crippen LogP contribution in [0.15, 0.2) is 30.5 Å². The summed E-state index contributed by atoms with van der Waals surface area (Å²) in [5, 5.41) is 0. The Morgan fingerprint density at radius 2 is 2.29 bits per heavy atom. The summed E-state index contributed by atoms with van der Waals surface area (Å²) in [4.78, 5) is 15.5. The third kappa shape index (κ3) is 2.09. The molecule has 1 atom stereocenters. The Bertz CT molecular complexity index is 480. The number of allylic oxidation sites excluding steroid dienone is 4. The van der Waals surface area contributed by atoms with Crippen molar-refractivity contribution in [1.82, 2.24) is 9.55 Å². The first-order chi connectivity index (χ1) is 8.38. The van der Waals surface area contributed by atoms with Gasteiger partial charge >= 0.3 is 0 Å². The molecule has 1 heterocycles. The molecule has 3 rings (SSSR count). The number of imidazole rings is 1. The van der Waals surface area contributed by atoms with Crippen molar-refractivity contribution in [1.29, 1.82) is 0 Å². The summed E-state index contributed by atoms with van der Waals surface area (Å²) in [6.45, 7) is 0.956. The number of aldehydes is 1. The first-order valence-electron chi connectivity index (χ1n) is 6.22. The van der Waals surface area contributed by atoms with Crippen molar-refractivity contribution < 1.29 is 4.79 Å². The smallest absolute Gasteiger partial charge is 0.168 e. The molecule has 1 saturated carbocycles. The lowest BCUT2D eigenvalue weighted by Gasteiger charge is -2.15. The molecule has 1 fully saturated rings. The predicted octanol–water partition coefficient (Wildman–Crippen LogP) is 2.71. The maximum atomic E-state index is 11.0. The number of hydrogen-bond acceptors (Lipinski definition) is 2. The Morgan fingerprint density at radius 1 is 1.41 bits per heavy atom. The van der Waals surface area contributed by atoms with Crippen LogP contribution in [0.5, 0.6) is 0 Å². The minimum Gasteiger partial charge on any atom is -0.325 e. The van der Waals surface area contributed by atoms with E-state index in [1.807, 2.05) is 0 Å². The summed E-state index contributed by atoms with van der Waals surface area (Å²) >= 11 is 0. The van der Waals surface area contributed by atoms with Gasteiger partial charge in [0.05, 0.1) is 6.20 Å². The number of hydrogen-bond donors (Lipinski definition) is 0. The fourth-order valence-electron chi connectivity index (χ4n) is 2.32. The Kier molecular flexibility index (Phi) is 2.67. The molecule has 3 nitrogen and oxygen atoms in total. The second-order valence-electron chi connectivity index (χ2n) is 4.87. The highest BCUT2D eigenvalue weighted by atomic mass is 16.1. The van der Waals surface area contributed by atoms with Crippen LogP contribution >= 0.6 is 0 Å². The molecule has 1 aromatic rings. The number of carbonyl (C=O) groups excluding carboxylic acids is 1. The van der Waals surface area contributed by atoms with Gasteiger partial charge < -0.3 is 4.57 Å². The van der Waals surface area contributed by atoms with Crippen molar-refractivity contribution in [2.24, 2.45) is 5.92 Å². The van der Waals surface area contributed by atoms with Crippen LogP contribution in [-0.2, 0) is 6.54 Å². The van der Waals surface area contributed by atoms with Crippen LogP contribution < -0.4 is 0 Å². The second kappa shape index (κ2) is 4.32. The maximum Gasteiger partial charge on any atom is 0.168 e. The van der Waals surface area contributed by atoms with E-state index in [9.17, 15) is 4.79 Å². The SMILES string of the molecule is O=Cc1cnc(C2C=CC=CC2)n1CC1CC1. The zero-order valence-corrected chi connectivity index (χ0v) is 9.75. The predicted molar refractivity (Wildman–Crippen MR) is 66.0 cm³/mol. The molecule has 0 saturated heterocycles. The zero-order chi connectivity index (χ0) is 11.7. The molecule has 1 aromatic heterocycles. The van der Waals surface area contributed by atoms with E-state index in [0.29, 0.717) is 5.92 Å². The molecule has 0 radical (unpaired) electrons. The van der Waals surface area contributed by atoms with Crippen LogP contribution in [0.4, 0.5) is 0 Å². The van der Waals surface area contributed by atoms with Gasteiger partial charge in [0.15, 0.2) is 6.29 Å². The van der Waals surface area contributed by atoms with E-state index >= 15 is 0 Å². The highest BCUT2D eigenvalue weighted by Gasteiger charge is 2.26. The largest absolute Gasteiger partial charge is 0.325 e. The van der Waals surface area contributed by atoms with Crippen molar-refractivity contribution in [3.05, 3.63) is 42.0 Å². The van der Waals surface area contributed by atoms with Gasteiger partial charge in [0.1, 0.15) is 11.5 Å². The molecular formula is C14H16N2O. The lowest BCUT2D eigenvalue weighted by atomic mass is 10.00. The van der Waals surface area contributed by atoms with E-state index in [1.54, 1.807) is 6.20 Å². The summed E-state index contributed by atoms with van der Waals surface area (Å²) in [6, 6.07) is 0. The fourth-order valence-corrected chi connectivity index (χ4v) is 2.32. The number of nitrogens with zero attached hydrogens (tertiary/aromatic N) is 2. The van der Waals surface area contributed by atoms with Gasteiger partial charge in [-0.05, 0) is 25.2 Å². The topological polar surface area (TPSA) is 34.9 Å². The second-order valence-corrected chi connectivity index (χ2v) is 4.87. The lowest BCUT2D eigenvalue weighted by molar-refractivity contribution is 0.111. The minimum atomic E-state index is 0.326.